The summed E-state index contributed by atoms with van der Waals surface area (Å²) in [6.45, 7) is 2.11. The lowest BCUT2D eigenvalue weighted by Gasteiger charge is -2.09. The van der Waals surface area contributed by atoms with Crippen molar-refractivity contribution in [2.24, 2.45) is 5.41 Å². The van der Waals surface area contributed by atoms with Crippen LogP contribution in [-0.2, 0) is 4.79 Å². The SMILES string of the molecule is CCSCC1(CC(=O)O)CC1. The van der Waals surface area contributed by atoms with Crippen LogP contribution < -0.4 is 0 Å². The van der Waals surface area contributed by atoms with Crippen LogP contribution in [0, 0.1) is 5.41 Å². The zero-order valence-corrected chi connectivity index (χ0v) is 7.62. The highest BCUT2D eigenvalue weighted by Crippen LogP contribution is 2.50. The molecule has 0 aromatic carbocycles. The van der Waals surface area contributed by atoms with E-state index < -0.39 is 5.97 Å². The first-order valence-corrected chi connectivity index (χ1v) is 5.13. The van der Waals surface area contributed by atoms with Gasteiger partial charge in [-0.05, 0) is 29.8 Å². The number of aliphatic carboxylic acids is 1. The Hall–Kier alpha value is -0.180. The van der Waals surface area contributed by atoms with Gasteiger partial charge in [-0.25, -0.2) is 0 Å². The molecular weight excluding hydrogens is 160 g/mol. The molecule has 0 bridgehead atoms. The fourth-order valence-corrected chi connectivity index (χ4v) is 2.22. The van der Waals surface area contributed by atoms with E-state index in [0.717, 1.165) is 24.3 Å². The summed E-state index contributed by atoms with van der Waals surface area (Å²) in [6, 6.07) is 0. The highest BCUT2D eigenvalue weighted by Gasteiger charge is 2.43. The summed E-state index contributed by atoms with van der Waals surface area (Å²) >= 11 is 1.86. The van der Waals surface area contributed by atoms with Gasteiger partial charge in [0, 0.05) is 0 Å². The van der Waals surface area contributed by atoms with Crippen molar-refractivity contribution in [3.8, 4) is 0 Å². The molecule has 0 amide bonds. The Morgan fingerprint density at radius 1 is 1.64 bits per heavy atom. The van der Waals surface area contributed by atoms with E-state index in [9.17, 15) is 4.79 Å². The van der Waals surface area contributed by atoms with Gasteiger partial charge in [0.1, 0.15) is 0 Å². The number of rotatable bonds is 5. The van der Waals surface area contributed by atoms with Crippen LogP contribution in [0.2, 0.25) is 0 Å². The molecule has 2 nitrogen and oxygen atoms in total. The lowest BCUT2D eigenvalue weighted by molar-refractivity contribution is -0.138. The number of thioether (sulfide) groups is 1. The fraction of sp³-hybridized carbons (Fsp3) is 0.875. The summed E-state index contributed by atoms with van der Waals surface area (Å²) in [7, 11) is 0. The summed E-state index contributed by atoms with van der Waals surface area (Å²) in [5.74, 6) is 1.50. The minimum Gasteiger partial charge on any atom is -0.481 e. The number of hydrogen-bond donors (Lipinski definition) is 1. The van der Waals surface area contributed by atoms with E-state index in [1.54, 1.807) is 0 Å². The number of carboxylic acid groups (broad SMARTS) is 1. The maximum atomic E-state index is 10.4. The molecule has 1 rings (SSSR count). The summed E-state index contributed by atoms with van der Waals surface area (Å²) in [6.07, 6.45) is 2.61. The molecule has 0 aromatic rings. The summed E-state index contributed by atoms with van der Waals surface area (Å²) in [5, 5.41) is 8.58. The average molecular weight is 174 g/mol. The van der Waals surface area contributed by atoms with Crippen LogP contribution in [-0.4, -0.2) is 22.6 Å². The van der Waals surface area contributed by atoms with Crippen molar-refractivity contribution < 1.29 is 9.90 Å². The van der Waals surface area contributed by atoms with E-state index in [-0.39, 0.29) is 5.41 Å². The Morgan fingerprint density at radius 2 is 2.27 bits per heavy atom. The molecule has 0 aromatic heterocycles. The molecule has 0 heterocycles. The summed E-state index contributed by atoms with van der Waals surface area (Å²) in [5.41, 5.74) is 0.187. The normalized spacial score (nSPS) is 19.7. The van der Waals surface area contributed by atoms with E-state index in [1.165, 1.54) is 0 Å². The zero-order chi connectivity index (χ0) is 8.32. The molecule has 1 fully saturated rings. The van der Waals surface area contributed by atoms with Gasteiger partial charge in [-0.15, -0.1) is 0 Å². The van der Waals surface area contributed by atoms with Crippen LogP contribution in [0.15, 0.2) is 0 Å². The molecule has 0 saturated heterocycles. The topological polar surface area (TPSA) is 37.3 Å². The van der Waals surface area contributed by atoms with Gasteiger partial charge < -0.3 is 5.11 Å². The maximum absolute atomic E-state index is 10.4. The third-order valence-electron chi connectivity index (χ3n) is 2.10. The van der Waals surface area contributed by atoms with Crippen LogP contribution in [0.3, 0.4) is 0 Å². The maximum Gasteiger partial charge on any atom is 0.303 e. The summed E-state index contributed by atoms with van der Waals surface area (Å²) in [4.78, 5) is 10.4. The number of carboxylic acids is 1. The molecule has 1 N–H and O–H groups in total. The van der Waals surface area contributed by atoms with Gasteiger partial charge >= 0.3 is 5.97 Å². The van der Waals surface area contributed by atoms with Gasteiger partial charge in [0.25, 0.3) is 0 Å². The van der Waals surface area contributed by atoms with Crippen molar-refractivity contribution in [3.05, 3.63) is 0 Å². The van der Waals surface area contributed by atoms with Gasteiger partial charge in [0.2, 0.25) is 0 Å². The molecule has 0 spiro atoms. The van der Waals surface area contributed by atoms with Crippen molar-refractivity contribution in [1.29, 1.82) is 0 Å². The minimum absolute atomic E-state index is 0.187. The Morgan fingerprint density at radius 3 is 2.64 bits per heavy atom. The Kier molecular flexibility index (Phi) is 2.82. The smallest absolute Gasteiger partial charge is 0.303 e. The third-order valence-corrected chi connectivity index (χ3v) is 3.32. The third kappa shape index (κ3) is 2.73. The van der Waals surface area contributed by atoms with Gasteiger partial charge in [0.15, 0.2) is 0 Å². The molecular formula is C8H14O2S. The van der Waals surface area contributed by atoms with E-state index in [0.29, 0.717) is 6.42 Å². The van der Waals surface area contributed by atoms with Crippen LogP contribution in [0.5, 0.6) is 0 Å². The molecule has 1 saturated carbocycles. The first-order chi connectivity index (χ1) is 5.18. The lowest BCUT2D eigenvalue weighted by atomic mass is 10.1. The van der Waals surface area contributed by atoms with E-state index >= 15 is 0 Å². The largest absolute Gasteiger partial charge is 0.481 e. The predicted octanol–water partition coefficient (Wildman–Crippen LogP) is 1.99. The number of hydrogen-bond acceptors (Lipinski definition) is 2. The van der Waals surface area contributed by atoms with Gasteiger partial charge in [-0.3, -0.25) is 4.79 Å². The van der Waals surface area contributed by atoms with Crippen LogP contribution >= 0.6 is 11.8 Å². The number of carbonyl (C=O) groups is 1. The van der Waals surface area contributed by atoms with Gasteiger partial charge in [0.05, 0.1) is 6.42 Å². The highest BCUT2D eigenvalue weighted by atomic mass is 32.2. The Bertz CT molecular complexity index is 152. The monoisotopic (exact) mass is 174 g/mol. The Labute approximate surface area is 71.4 Å². The van der Waals surface area contributed by atoms with Crippen LogP contribution in [0.4, 0.5) is 0 Å². The average Bonchev–Trinajstić information content (AvgIpc) is 2.64. The minimum atomic E-state index is -0.640. The van der Waals surface area contributed by atoms with Crippen LogP contribution in [0.25, 0.3) is 0 Å². The van der Waals surface area contributed by atoms with E-state index in [1.807, 2.05) is 11.8 Å². The first kappa shape index (κ1) is 8.91. The van der Waals surface area contributed by atoms with Crippen molar-refractivity contribution in [2.75, 3.05) is 11.5 Å². The standard InChI is InChI=1S/C8H14O2S/c1-2-11-6-8(3-4-8)5-7(9)10/h2-6H2,1H3,(H,9,10). The summed E-state index contributed by atoms with van der Waals surface area (Å²) < 4.78 is 0. The van der Waals surface area contributed by atoms with E-state index in [2.05, 4.69) is 6.92 Å². The second-order valence-electron chi connectivity index (χ2n) is 3.21. The van der Waals surface area contributed by atoms with Crippen molar-refractivity contribution in [2.45, 2.75) is 26.2 Å². The molecule has 1 aliphatic carbocycles. The van der Waals surface area contributed by atoms with Crippen molar-refractivity contribution in [3.63, 3.8) is 0 Å². The molecule has 0 atom stereocenters. The predicted molar refractivity (Wildman–Crippen MR) is 46.9 cm³/mol. The van der Waals surface area contributed by atoms with Gasteiger partial charge in [-0.1, -0.05) is 6.92 Å². The molecule has 0 radical (unpaired) electrons. The van der Waals surface area contributed by atoms with Crippen LogP contribution in [0.1, 0.15) is 26.2 Å². The highest BCUT2D eigenvalue weighted by molar-refractivity contribution is 7.99. The molecule has 0 unspecified atom stereocenters. The first-order valence-electron chi connectivity index (χ1n) is 3.98. The Balaban J connectivity index is 2.23. The van der Waals surface area contributed by atoms with E-state index in [4.69, 9.17) is 5.11 Å². The molecule has 64 valence electrons. The zero-order valence-electron chi connectivity index (χ0n) is 6.80. The lowest BCUT2D eigenvalue weighted by Crippen LogP contribution is -2.10. The van der Waals surface area contributed by atoms with Crippen molar-refractivity contribution >= 4 is 17.7 Å². The molecule has 0 aliphatic heterocycles. The molecule has 11 heavy (non-hydrogen) atoms. The molecule has 1 aliphatic rings. The quantitative estimate of drug-likeness (QED) is 0.692. The van der Waals surface area contributed by atoms with Crippen molar-refractivity contribution in [1.82, 2.24) is 0 Å². The van der Waals surface area contributed by atoms with Gasteiger partial charge in [-0.2, -0.15) is 11.8 Å². The second kappa shape index (κ2) is 3.48. The molecule has 3 heteroatoms. The fourth-order valence-electron chi connectivity index (χ4n) is 1.19. The second-order valence-corrected chi connectivity index (χ2v) is 4.48.